The van der Waals surface area contributed by atoms with Crippen molar-refractivity contribution >= 4 is 11.8 Å². The summed E-state index contributed by atoms with van der Waals surface area (Å²) in [6, 6.07) is 0.691. The molecule has 0 aromatic rings. The molecule has 6 heteroatoms. The van der Waals surface area contributed by atoms with Gasteiger partial charge < -0.3 is 20.7 Å². The van der Waals surface area contributed by atoms with E-state index in [1.54, 1.807) is 0 Å². The molecule has 1 unspecified atom stereocenters. The number of hydrogen-bond donors (Lipinski definition) is 3. The first kappa shape index (κ1) is 27.9. The standard InChI is InChI=1S/C23H47N3O3/c1-18(2)25-21(13-9-10-14-22(27)26-19(3)4)17-23(28)24-15-11-7-8-12-16-29-20(5)6/h18-21,25H,7-17H2,1-6H3,(H,24,28)(H,26,27). The number of unbranched alkanes of at least 4 members (excludes halogenated alkanes) is 4. The molecule has 6 nitrogen and oxygen atoms in total. The first-order valence-corrected chi connectivity index (χ1v) is 11.6. The average Bonchev–Trinajstić information content (AvgIpc) is 2.59. The highest BCUT2D eigenvalue weighted by atomic mass is 16.5. The van der Waals surface area contributed by atoms with Crippen LogP contribution in [0.2, 0.25) is 0 Å². The zero-order chi connectivity index (χ0) is 22.1. The lowest BCUT2D eigenvalue weighted by Crippen LogP contribution is -2.39. The van der Waals surface area contributed by atoms with Crippen LogP contribution >= 0.6 is 0 Å². The molecule has 0 saturated carbocycles. The van der Waals surface area contributed by atoms with Gasteiger partial charge in [0.05, 0.1) is 6.10 Å². The van der Waals surface area contributed by atoms with Gasteiger partial charge in [0, 0.05) is 44.1 Å². The molecule has 0 rings (SSSR count). The summed E-state index contributed by atoms with van der Waals surface area (Å²) in [5, 5.41) is 9.46. The van der Waals surface area contributed by atoms with E-state index in [1.807, 2.05) is 13.8 Å². The third kappa shape index (κ3) is 19.9. The number of hydrogen-bond acceptors (Lipinski definition) is 4. The highest BCUT2D eigenvalue weighted by Crippen LogP contribution is 2.09. The maximum atomic E-state index is 12.3. The number of rotatable bonds is 18. The minimum atomic E-state index is 0.113. The van der Waals surface area contributed by atoms with Crippen molar-refractivity contribution in [1.82, 2.24) is 16.0 Å². The first-order valence-electron chi connectivity index (χ1n) is 11.6. The van der Waals surface area contributed by atoms with Gasteiger partial charge >= 0.3 is 0 Å². The van der Waals surface area contributed by atoms with E-state index in [0.29, 0.717) is 25.0 Å². The minimum Gasteiger partial charge on any atom is -0.379 e. The summed E-state index contributed by atoms with van der Waals surface area (Å²) in [7, 11) is 0. The molecule has 0 aliphatic heterocycles. The third-order valence-electron chi connectivity index (χ3n) is 4.50. The molecule has 172 valence electrons. The Kier molecular flexibility index (Phi) is 17.0. The highest BCUT2D eigenvalue weighted by Gasteiger charge is 2.15. The van der Waals surface area contributed by atoms with Crippen LogP contribution in [0.25, 0.3) is 0 Å². The zero-order valence-corrected chi connectivity index (χ0v) is 19.8. The summed E-state index contributed by atoms with van der Waals surface area (Å²) in [6.45, 7) is 13.8. The van der Waals surface area contributed by atoms with E-state index in [1.165, 1.54) is 0 Å². The van der Waals surface area contributed by atoms with Gasteiger partial charge in [0.2, 0.25) is 11.8 Å². The van der Waals surface area contributed by atoms with Crippen molar-refractivity contribution in [3.05, 3.63) is 0 Å². The Labute approximate surface area is 179 Å². The van der Waals surface area contributed by atoms with Crippen molar-refractivity contribution in [3.63, 3.8) is 0 Å². The SMILES string of the molecule is CC(C)NC(=O)CCCCC(CC(=O)NCCCCCCOC(C)C)NC(C)C. The van der Waals surface area contributed by atoms with E-state index in [9.17, 15) is 9.59 Å². The normalized spacial score (nSPS) is 12.6. The fourth-order valence-corrected chi connectivity index (χ4v) is 3.21. The number of carbonyl (C=O) groups is 2. The topological polar surface area (TPSA) is 79.5 Å². The largest absolute Gasteiger partial charge is 0.379 e. The van der Waals surface area contributed by atoms with E-state index in [0.717, 1.165) is 58.1 Å². The molecule has 0 spiro atoms. The van der Waals surface area contributed by atoms with Gasteiger partial charge in [0.1, 0.15) is 0 Å². The maximum Gasteiger partial charge on any atom is 0.221 e. The minimum absolute atomic E-state index is 0.113. The van der Waals surface area contributed by atoms with E-state index >= 15 is 0 Å². The van der Waals surface area contributed by atoms with Crippen molar-refractivity contribution in [1.29, 1.82) is 0 Å². The molecule has 0 aromatic heterocycles. The molecule has 0 saturated heterocycles. The average molecular weight is 414 g/mol. The van der Waals surface area contributed by atoms with Crippen molar-refractivity contribution in [2.45, 2.75) is 124 Å². The molecule has 29 heavy (non-hydrogen) atoms. The summed E-state index contributed by atoms with van der Waals surface area (Å²) in [6.07, 6.45) is 8.44. The Bertz CT molecular complexity index is 426. The van der Waals surface area contributed by atoms with Crippen molar-refractivity contribution in [2.75, 3.05) is 13.2 Å². The van der Waals surface area contributed by atoms with Gasteiger partial charge in [-0.1, -0.05) is 33.1 Å². The van der Waals surface area contributed by atoms with Crippen LogP contribution in [0.1, 0.15) is 99.3 Å². The van der Waals surface area contributed by atoms with E-state index < -0.39 is 0 Å². The first-order chi connectivity index (χ1) is 13.7. The van der Waals surface area contributed by atoms with Crippen LogP contribution in [0.4, 0.5) is 0 Å². The Hall–Kier alpha value is -1.14. The van der Waals surface area contributed by atoms with Gasteiger partial charge in [0.15, 0.2) is 0 Å². The van der Waals surface area contributed by atoms with Gasteiger partial charge in [-0.3, -0.25) is 9.59 Å². The molecule has 3 N–H and O–H groups in total. The number of nitrogens with one attached hydrogen (secondary N) is 3. The number of ether oxygens (including phenoxy) is 1. The predicted molar refractivity (Wildman–Crippen MR) is 121 cm³/mol. The lowest BCUT2D eigenvalue weighted by atomic mass is 10.0. The van der Waals surface area contributed by atoms with Crippen LogP contribution in [0.5, 0.6) is 0 Å². The van der Waals surface area contributed by atoms with Crippen molar-refractivity contribution in [3.8, 4) is 0 Å². The van der Waals surface area contributed by atoms with Crippen molar-refractivity contribution < 1.29 is 14.3 Å². The molecule has 2 amide bonds. The lowest BCUT2D eigenvalue weighted by Gasteiger charge is -2.21. The van der Waals surface area contributed by atoms with Gasteiger partial charge in [-0.05, 0) is 53.4 Å². The molecule has 0 heterocycles. The summed E-state index contributed by atoms with van der Waals surface area (Å²) in [5.74, 6) is 0.228. The second-order valence-corrected chi connectivity index (χ2v) is 8.87. The summed E-state index contributed by atoms with van der Waals surface area (Å²) in [4.78, 5) is 24.0. The fraction of sp³-hybridized carbons (Fsp3) is 0.913. The van der Waals surface area contributed by atoms with Crippen LogP contribution in [0, 0.1) is 0 Å². The molecular weight excluding hydrogens is 366 g/mol. The van der Waals surface area contributed by atoms with E-state index in [2.05, 4.69) is 43.6 Å². The summed E-state index contributed by atoms with van der Waals surface area (Å²) in [5.41, 5.74) is 0. The Balaban J connectivity index is 3.92. The van der Waals surface area contributed by atoms with E-state index in [-0.39, 0.29) is 23.9 Å². The van der Waals surface area contributed by atoms with E-state index in [4.69, 9.17) is 4.74 Å². The maximum absolute atomic E-state index is 12.3. The Morgan fingerprint density at radius 1 is 0.793 bits per heavy atom. The molecular formula is C23H47N3O3. The summed E-state index contributed by atoms with van der Waals surface area (Å²) >= 11 is 0. The smallest absolute Gasteiger partial charge is 0.221 e. The highest BCUT2D eigenvalue weighted by molar-refractivity contribution is 5.76. The second kappa shape index (κ2) is 17.7. The lowest BCUT2D eigenvalue weighted by molar-refractivity contribution is -0.122. The van der Waals surface area contributed by atoms with Gasteiger partial charge in [0.25, 0.3) is 0 Å². The molecule has 1 atom stereocenters. The molecule has 0 aliphatic carbocycles. The van der Waals surface area contributed by atoms with Gasteiger partial charge in [-0.25, -0.2) is 0 Å². The van der Waals surface area contributed by atoms with Gasteiger partial charge in [-0.15, -0.1) is 0 Å². The van der Waals surface area contributed by atoms with Crippen LogP contribution in [0.3, 0.4) is 0 Å². The number of amides is 2. The van der Waals surface area contributed by atoms with Crippen LogP contribution < -0.4 is 16.0 Å². The number of carbonyl (C=O) groups excluding carboxylic acids is 2. The Morgan fingerprint density at radius 3 is 2.10 bits per heavy atom. The van der Waals surface area contributed by atoms with Crippen LogP contribution in [-0.4, -0.2) is 49.2 Å². The summed E-state index contributed by atoms with van der Waals surface area (Å²) < 4.78 is 5.53. The van der Waals surface area contributed by atoms with Crippen LogP contribution in [-0.2, 0) is 14.3 Å². The monoisotopic (exact) mass is 413 g/mol. The van der Waals surface area contributed by atoms with Crippen molar-refractivity contribution in [2.24, 2.45) is 0 Å². The zero-order valence-electron chi connectivity index (χ0n) is 19.8. The predicted octanol–water partition coefficient (Wildman–Crippen LogP) is 3.93. The van der Waals surface area contributed by atoms with Crippen LogP contribution in [0.15, 0.2) is 0 Å². The molecule has 0 aromatic carbocycles. The Morgan fingerprint density at radius 2 is 1.48 bits per heavy atom. The molecule has 0 radical (unpaired) electrons. The van der Waals surface area contributed by atoms with Gasteiger partial charge in [-0.2, -0.15) is 0 Å². The fourth-order valence-electron chi connectivity index (χ4n) is 3.21. The second-order valence-electron chi connectivity index (χ2n) is 8.87. The molecule has 0 bridgehead atoms. The molecule has 0 fully saturated rings. The third-order valence-corrected chi connectivity index (χ3v) is 4.50. The molecule has 0 aliphatic rings. The quantitative estimate of drug-likeness (QED) is 0.298.